The summed E-state index contributed by atoms with van der Waals surface area (Å²) in [5.41, 5.74) is 0.591. The van der Waals surface area contributed by atoms with Crippen molar-refractivity contribution < 1.29 is 14.7 Å². The molecule has 2 rings (SSSR count). The van der Waals surface area contributed by atoms with Gasteiger partial charge in [0.05, 0.1) is 17.4 Å². The Bertz CT molecular complexity index is 433. The van der Waals surface area contributed by atoms with Crippen LogP contribution in [0.4, 0.5) is 10.5 Å². The number of rotatable bonds is 2. The molecule has 6 nitrogen and oxygen atoms in total. The van der Waals surface area contributed by atoms with Crippen LogP contribution >= 0.6 is 0 Å². The van der Waals surface area contributed by atoms with Crippen molar-refractivity contribution in [3.63, 3.8) is 0 Å². The quantitative estimate of drug-likeness (QED) is 0.770. The van der Waals surface area contributed by atoms with Crippen molar-refractivity contribution in [2.45, 2.75) is 6.42 Å². The van der Waals surface area contributed by atoms with Crippen LogP contribution in [-0.4, -0.2) is 35.2 Å². The number of pyridine rings is 1. The number of amides is 2. The maximum Gasteiger partial charge on any atom is 0.337 e. The third kappa shape index (κ3) is 1.95. The van der Waals surface area contributed by atoms with Gasteiger partial charge in [0.15, 0.2) is 0 Å². The lowest BCUT2D eigenvalue weighted by atomic mass is 10.2. The second kappa shape index (κ2) is 4.18. The number of aromatic nitrogens is 1. The Balaban J connectivity index is 2.28. The number of nitrogens with one attached hydrogen (secondary N) is 1. The second-order valence-electron chi connectivity index (χ2n) is 3.47. The maximum absolute atomic E-state index is 11.5. The van der Waals surface area contributed by atoms with Crippen molar-refractivity contribution in [2.24, 2.45) is 0 Å². The minimum absolute atomic E-state index is 0.0795. The molecule has 1 aromatic rings. The third-order valence-electron chi connectivity index (χ3n) is 2.36. The molecule has 0 unspecified atom stereocenters. The number of hydrogen-bond donors (Lipinski definition) is 2. The molecule has 16 heavy (non-hydrogen) atoms. The predicted molar refractivity (Wildman–Crippen MR) is 56.6 cm³/mol. The van der Waals surface area contributed by atoms with Crippen LogP contribution in [0.1, 0.15) is 16.8 Å². The number of carboxylic acids is 1. The molecule has 0 aliphatic carbocycles. The molecule has 0 atom stereocenters. The maximum atomic E-state index is 11.5. The number of urea groups is 1. The molecule has 84 valence electrons. The summed E-state index contributed by atoms with van der Waals surface area (Å²) in [6.07, 6.45) is 3.58. The van der Waals surface area contributed by atoms with Gasteiger partial charge in [-0.2, -0.15) is 0 Å². The number of hydrogen-bond acceptors (Lipinski definition) is 3. The summed E-state index contributed by atoms with van der Waals surface area (Å²) in [6.45, 7) is 1.23. The lowest BCUT2D eigenvalue weighted by molar-refractivity contribution is 0.0696. The first-order valence-corrected chi connectivity index (χ1v) is 4.92. The summed E-state index contributed by atoms with van der Waals surface area (Å²) in [5, 5.41) is 11.5. The van der Waals surface area contributed by atoms with Gasteiger partial charge in [0.1, 0.15) is 0 Å². The molecule has 0 bridgehead atoms. The lowest BCUT2D eigenvalue weighted by Gasteiger charge is -2.27. The molecule has 1 aliphatic heterocycles. The SMILES string of the molecule is O=C(O)c1cncc(N2CCCNC2=O)c1. The summed E-state index contributed by atoms with van der Waals surface area (Å²) < 4.78 is 0. The molecule has 2 heterocycles. The Kier molecular flexibility index (Phi) is 2.72. The van der Waals surface area contributed by atoms with Gasteiger partial charge in [-0.1, -0.05) is 0 Å². The Labute approximate surface area is 91.9 Å². The topological polar surface area (TPSA) is 82.5 Å². The highest BCUT2D eigenvalue weighted by molar-refractivity contribution is 5.94. The highest BCUT2D eigenvalue weighted by atomic mass is 16.4. The highest BCUT2D eigenvalue weighted by Crippen LogP contribution is 2.16. The molecule has 0 spiro atoms. The molecule has 1 aromatic heterocycles. The zero-order valence-electron chi connectivity index (χ0n) is 8.51. The summed E-state index contributed by atoms with van der Waals surface area (Å²) in [6, 6.07) is 1.23. The minimum atomic E-state index is -1.05. The number of carbonyl (C=O) groups excluding carboxylic acids is 1. The van der Waals surface area contributed by atoms with E-state index in [1.807, 2.05) is 0 Å². The van der Waals surface area contributed by atoms with Gasteiger partial charge in [0.2, 0.25) is 0 Å². The molecular formula is C10H11N3O3. The van der Waals surface area contributed by atoms with Gasteiger partial charge < -0.3 is 10.4 Å². The first-order valence-electron chi connectivity index (χ1n) is 4.92. The summed E-state index contributed by atoms with van der Waals surface area (Å²) in [5.74, 6) is -1.05. The van der Waals surface area contributed by atoms with Crippen LogP contribution in [0, 0.1) is 0 Å². The molecule has 0 aromatic carbocycles. The molecule has 1 fully saturated rings. The zero-order chi connectivity index (χ0) is 11.5. The zero-order valence-corrected chi connectivity index (χ0v) is 8.51. The summed E-state index contributed by atoms with van der Waals surface area (Å²) in [7, 11) is 0. The van der Waals surface area contributed by atoms with Crippen LogP contribution in [0.25, 0.3) is 0 Å². The van der Waals surface area contributed by atoms with Crippen LogP contribution in [-0.2, 0) is 0 Å². The lowest BCUT2D eigenvalue weighted by Crippen LogP contribution is -2.46. The highest BCUT2D eigenvalue weighted by Gasteiger charge is 2.20. The average molecular weight is 221 g/mol. The van der Waals surface area contributed by atoms with Crippen molar-refractivity contribution in [2.75, 3.05) is 18.0 Å². The smallest absolute Gasteiger partial charge is 0.337 e. The Hall–Kier alpha value is -2.11. The standard InChI is InChI=1S/C10H11N3O3/c14-9(15)7-4-8(6-11-5-7)13-3-1-2-12-10(13)16/h4-6H,1-3H2,(H,12,16)(H,14,15). The third-order valence-corrected chi connectivity index (χ3v) is 2.36. The summed E-state index contributed by atoms with van der Waals surface area (Å²) in [4.78, 5) is 27.6. The van der Waals surface area contributed by atoms with Crippen LogP contribution in [0.15, 0.2) is 18.5 Å². The van der Waals surface area contributed by atoms with E-state index in [-0.39, 0.29) is 11.6 Å². The second-order valence-corrected chi connectivity index (χ2v) is 3.47. The average Bonchev–Trinajstić information content (AvgIpc) is 2.30. The Morgan fingerprint density at radius 2 is 2.31 bits per heavy atom. The van der Waals surface area contributed by atoms with E-state index in [2.05, 4.69) is 10.3 Å². The van der Waals surface area contributed by atoms with E-state index in [9.17, 15) is 9.59 Å². The van der Waals surface area contributed by atoms with Crippen LogP contribution in [0.5, 0.6) is 0 Å². The number of carboxylic acid groups (broad SMARTS) is 1. The van der Waals surface area contributed by atoms with E-state index in [1.54, 1.807) is 0 Å². The molecule has 2 amide bonds. The predicted octanol–water partition coefficient (Wildman–Crippen LogP) is 0.700. The number of carbonyl (C=O) groups is 2. The van der Waals surface area contributed by atoms with Gasteiger partial charge in [-0.25, -0.2) is 9.59 Å². The molecular weight excluding hydrogens is 210 g/mol. The fourth-order valence-electron chi connectivity index (χ4n) is 1.57. The van der Waals surface area contributed by atoms with E-state index in [4.69, 9.17) is 5.11 Å². The van der Waals surface area contributed by atoms with Crippen molar-refractivity contribution >= 4 is 17.7 Å². The van der Waals surface area contributed by atoms with Crippen LogP contribution in [0.2, 0.25) is 0 Å². The normalized spacial score (nSPS) is 15.8. The van der Waals surface area contributed by atoms with Gasteiger partial charge in [-0.3, -0.25) is 9.88 Å². The van der Waals surface area contributed by atoms with E-state index in [0.29, 0.717) is 18.8 Å². The van der Waals surface area contributed by atoms with Crippen molar-refractivity contribution in [3.8, 4) is 0 Å². The number of aromatic carboxylic acids is 1. The Morgan fingerprint density at radius 3 is 3.00 bits per heavy atom. The van der Waals surface area contributed by atoms with Gasteiger partial charge in [0.25, 0.3) is 0 Å². The number of anilines is 1. The Morgan fingerprint density at radius 1 is 1.50 bits per heavy atom. The molecule has 0 saturated carbocycles. The van der Waals surface area contributed by atoms with E-state index >= 15 is 0 Å². The summed E-state index contributed by atoms with van der Waals surface area (Å²) >= 11 is 0. The molecule has 1 aliphatic rings. The van der Waals surface area contributed by atoms with Gasteiger partial charge >= 0.3 is 12.0 Å². The van der Waals surface area contributed by atoms with Gasteiger partial charge in [-0.05, 0) is 12.5 Å². The largest absolute Gasteiger partial charge is 0.478 e. The van der Waals surface area contributed by atoms with Crippen molar-refractivity contribution in [1.29, 1.82) is 0 Å². The molecule has 6 heteroatoms. The van der Waals surface area contributed by atoms with E-state index < -0.39 is 5.97 Å². The van der Waals surface area contributed by atoms with Gasteiger partial charge in [0, 0.05) is 19.3 Å². The first-order chi connectivity index (χ1) is 7.68. The van der Waals surface area contributed by atoms with Crippen LogP contribution < -0.4 is 10.2 Å². The van der Waals surface area contributed by atoms with Crippen molar-refractivity contribution in [3.05, 3.63) is 24.0 Å². The molecule has 0 radical (unpaired) electrons. The monoisotopic (exact) mass is 221 g/mol. The first kappa shape index (κ1) is 10.4. The van der Waals surface area contributed by atoms with E-state index in [1.165, 1.54) is 23.4 Å². The minimum Gasteiger partial charge on any atom is -0.478 e. The molecule has 2 N–H and O–H groups in total. The number of nitrogens with zero attached hydrogens (tertiary/aromatic N) is 2. The molecule has 1 saturated heterocycles. The fraction of sp³-hybridized carbons (Fsp3) is 0.300. The van der Waals surface area contributed by atoms with Gasteiger partial charge in [-0.15, -0.1) is 0 Å². The van der Waals surface area contributed by atoms with Crippen molar-refractivity contribution in [1.82, 2.24) is 10.3 Å². The van der Waals surface area contributed by atoms with Crippen LogP contribution in [0.3, 0.4) is 0 Å². The fourth-order valence-corrected chi connectivity index (χ4v) is 1.57. The van der Waals surface area contributed by atoms with E-state index in [0.717, 1.165) is 6.42 Å².